The molecular weight excluding hydrogens is 413 g/mol. The first-order valence-electron chi connectivity index (χ1n) is 9.32. The van der Waals surface area contributed by atoms with E-state index in [1.807, 2.05) is 16.8 Å². The summed E-state index contributed by atoms with van der Waals surface area (Å²) in [5, 5.41) is 7.79. The molecule has 0 radical (unpaired) electrons. The van der Waals surface area contributed by atoms with Gasteiger partial charge < -0.3 is 16.8 Å². The first-order valence-corrected chi connectivity index (χ1v) is 10.5. The molecule has 0 saturated heterocycles. The van der Waals surface area contributed by atoms with E-state index in [-0.39, 0.29) is 30.4 Å². The van der Waals surface area contributed by atoms with Crippen LogP contribution in [0.15, 0.2) is 36.5 Å². The topological polar surface area (TPSA) is 99.0 Å². The van der Waals surface area contributed by atoms with Crippen molar-refractivity contribution < 1.29 is 9.18 Å². The van der Waals surface area contributed by atoms with Gasteiger partial charge in [0, 0.05) is 35.6 Å². The summed E-state index contributed by atoms with van der Waals surface area (Å²) in [5.41, 5.74) is 14.6. The maximum atomic E-state index is 13.4. The average Bonchev–Trinajstić information content (AvgIpc) is 3.26. The molecule has 1 amide bonds. The molecule has 0 saturated carbocycles. The highest BCUT2D eigenvalue weighted by molar-refractivity contribution is 7.14. The van der Waals surface area contributed by atoms with Crippen molar-refractivity contribution in [2.75, 3.05) is 6.54 Å². The van der Waals surface area contributed by atoms with Crippen LogP contribution in [0.25, 0.3) is 11.3 Å². The minimum absolute atomic E-state index is 0.188. The van der Waals surface area contributed by atoms with Crippen LogP contribution in [0, 0.1) is 5.82 Å². The van der Waals surface area contributed by atoms with Crippen LogP contribution >= 0.6 is 22.9 Å². The van der Waals surface area contributed by atoms with Gasteiger partial charge in [-0.15, -0.1) is 11.3 Å². The Morgan fingerprint density at radius 1 is 1.45 bits per heavy atom. The van der Waals surface area contributed by atoms with E-state index in [1.165, 1.54) is 23.5 Å². The largest absolute Gasteiger partial charge is 0.347 e. The number of hydrogen-bond donors (Lipinski definition) is 3. The number of nitrogens with zero attached hydrogens (tertiary/aromatic N) is 2. The fourth-order valence-electron chi connectivity index (χ4n) is 3.57. The second-order valence-corrected chi connectivity index (χ2v) is 8.58. The summed E-state index contributed by atoms with van der Waals surface area (Å²) in [7, 11) is 0. The van der Waals surface area contributed by atoms with Crippen LogP contribution in [0.4, 0.5) is 4.39 Å². The number of hydrogen-bond acceptors (Lipinski definition) is 5. The fraction of sp³-hybridized carbons (Fsp3) is 0.300. The molecule has 0 aliphatic carbocycles. The molecular formula is C20H21ClFN5OS. The van der Waals surface area contributed by atoms with Gasteiger partial charge in [-0.2, -0.15) is 5.10 Å². The number of rotatable bonds is 5. The van der Waals surface area contributed by atoms with E-state index in [0.29, 0.717) is 29.3 Å². The molecule has 29 heavy (non-hydrogen) atoms. The standard InChI is InChI=1S/C20H21ClFN5OS/c21-15-10-25-27-5-4-16(24)19-14(18(15)27)8-17(29-19)20(28)26-13(9-23)7-11-2-1-3-12(22)6-11/h1-3,6,8,10,13,16H,4-5,7,9,23-24H2,(H,26,28)/t13-,16?/m0/s1. The number of fused-ring (bicyclic) bond motifs is 3. The van der Waals surface area contributed by atoms with Gasteiger partial charge in [-0.25, -0.2) is 4.39 Å². The van der Waals surface area contributed by atoms with Crippen LogP contribution < -0.4 is 16.8 Å². The van der Waals surface area contributed by atoms with E-state index < -0.39 is 0 Å². The number of aryl methyl sites for hydroxylation is 1. The summed E-state index contributed by atoms with van der Waals surface area (Å²) >= 11 is 7.70. The number of nitrogens with one attached hydrogen (secondary N) is 1. The Morgan fingerprint density at radius 2 is 2.28 bits per heavy atom. The number of carbonyl (C=O) groups is 1. The third-order valence-corrected chi connectivity index (χ3v) is 6.56. The number of thiophene rings is 1. The van der Waals surface area contributed by atoms with Crippen molar-refractivity contribution in [1.82, 2.24) is 15.1 Å². The monoisotopic (exact) mass is 433 g/mol. The lowest BCUT2D eigenvalue weighted by Gasteiger charge is -2.16. The minimum atomic E-state index is -0.311. The minimum Gasteiger partial charge on any atom is -0.347 e. The molecule has 1 unspecified atom stereocenters. The van der Waals surface area contributed by atoms with Gasteiger partial charge in [-0.3, -0.25) is 9.48 Å². The van der Waals surface area contributed by atoms with Gasteiger partial charge in [0.25, 0.3) is 5.91 Å². The maximum Gasteiger partial charge on any atom is 0.261 e. The lowest BCUT2D eigenvalue weighted by Crippen LogP contribution is -2.41. The number of nitrogens with two attached hydrogens (primary N) is 2. The summed E-state index contributed by atoms with van der Waals surface area (Å²) in [6, 6.07) is 7.61. The number of carbonyl (C=O) groups excluding carboxylic acids is 1. The number of amides is 1. The lowest BCUT2D eigenvalue weighted by molar-refractivity contribution is 0.0942. The Bertz CT molecular complexity index is 1050. The summed E-state index contributed by atoms with van der Waals surface area (Å²) in [6.45, 7) is 0.917. The highest BCUT2D eigenvalue weighted by atomic mass is 35.5. The number of aromatic nitrogens is 2. The zero-order valence-electron chi connectivity index (χ0n) is 15.6. The van der Waals surface area contributed by atoms with Crippen molar-refractivity contribution >= 4 is 28.8 Å². The van der Waals surface area contributed by atoms with Crippen LogP contribution in [0.5, 0.6) is 0 Å². The van der Waals surface area contributed by atoms with Gasteiger partial charge in [0.1, 0.15) is 5.82 Å². The van der Waals surface area contributed by atoms with Crippen molar-refractivity contribution in [3.8, 4) is 11.3 Å². The smallest absolute Gasteiger partial charge is 0.261 e. The second kappa shape index (κ2) is 8.23. The molecule has 1 aliphatic heterocycles. The van der Waals surface area contributed by atoms with E-state index in [2.05, 4.69) is 10.4 Å². The predicted molar refractivity (Wildman–Crippen MR) is 113 cm³/mol. The van der Waals surface area contributed by atoms with Crippen molar-refractivity contribution in [2.24, 2.45) is 11.5 Å². The van der Waals surface area contributed by atoms with E-state index in [1.54, 1.807) is 12.3 Å². The van der Waals surface area contributed by atoms with E-state index in [9.17, 15) is 9.18 Å². The Labute approximate surface area is 176 Å². The highest BCUT2D eigenvalue weighted by Crippen LogP contribution is 2.41. The molecule has 152 valence electrons. The van der Waals surface area contributed by atoms with E-state index >= 15 is 0 Å². The first-order chi connectivity index (χ1) is 14.0. The summed E-state index contributed by atoms with van der Waals surface area (Å²) in [4.78, 5) is 14.3. The van der Waals surface area contributed by atoms with Crippen LogP contribution in [0.2, 0.25) is 5.02 Å². The van der Waals surface area contributed by atoms with Crippen LogP contribution in [-0.2, 0) is 13.0 Å². The third kappa shape index (κ3) is 4.06. The molecule has 0 bridgehead atoms. The second-order valence-electron chi connectivity index (χ2n) is 7.09. The normalized spacial score (nSPS) is 16.6. The Kier molecular flexibility index (Phi) is 5.69. The molecule has 9 heteroatoms. The van der Waals surface area contributed by atoms with Crippen LogP contribution in [0.1, 0.15) is 32.6 Å². The Hall–Kier alpha value is -2.26. The molecule has 2 atom stereocenters. The van der Waals surface area contributed by atoms with E-state index in [0.717, 1.165) is 21.7 Å². The van der Waals surface area contributed by atoms with Crippen molar-refractivity contribution in [3.05, 3.63) is 62.7 Å². The van der Waals surface area contributed by atoms with Gasteiger partial charge >= 0.3 is 0 Å². The Morgan fingerprint density at radius 3 is 3.03 bits per heavy atom. The number of benzene rings is 1. The van der Waals surface area contributed by atoms with Crippen molar-refractivity contribution in [2.45, 2.75) is 31.5 Å². The van der Waals surface area contributed by atoms with Gasteiger partial charge in [0.15, 0.2) is 0 Å². The van der Waals surface area contributed by atoms with Gasteiger partial charge in [-0.1, -0.05) is 23.7 Å². The molecule has 1 aliphatic rings. The third-order valence-electron chi connectivity index (χ3n) is 5.01. The van der Waals surface area contributed by atoms with Gasteiger partial charge in [0.05, 0.1) is 21.8 Å². The van der Waals surface area contributed by atoms with Crippen LogP contribution in [0.3, 0.4) is 0 Å². The zero-order chi connectivity index (χ0) is 20.5. The average molecular weight is 434 g/mol. The SMILES string of the molecule is NC[C@H](Cc1cccc(F)c1)NC(=O)c1cc2c(s1)C(N)CCn1ncc(Cl)c1-2. The summed E-state index contributed by atoms with van der Waals surface area (Å²) in [6.07, 6.45) is 2.77. The molecule has 3 heterocycles. The zero-order valence-corrected chi connectivity index (χ0v) is 17.1. The molecule has 2 aromatic heterocycles. The van der Waals surface area contributed by atoms with Gasteiger partial charge in [0.2, 0.25) is 0 Å². The summed E-state index contributed by atoms with van der Waals surface area (Å²) in [5.74, 6) is -0.543. The molecule has 6 nitrogen and oxygen atoms in total. The van der Waals surface area contributed by atoms with Crippen molar-refractivity contribution in [1.29, 1.82) is 0 Å². The van der Waals surface area contributed by atoms with E-state index in [4.69, 9.17) is 23.1 Å². The molecule has 4 rings (SSSR count). The Balaban J connectivity index is 1.57. The number of halogens is 2. The lowest BCUT2D eigenvalue weighted by atomic mass is 10.1. The molecule has 0 spiro atoms. The molecule has 1 aromatic carbocycles. The quantitative estimate of drug-likeness (QED) is 0.575. The fourth-order valence-corrected chi connectivity index (χ4v) is 4.91. The van der Waals surface area contributed by atoms with Crippen molar-refractivity contribution in [3.63, 3.8) is 0 Å². The molecule has 0 fully saturated rings. The van der Waals surface area contributed by atoms with Crippen LogP contribution in [-0.4, -0.2) is 28.3 Å². The predicted octanol–water partition coefficient (Wildman–Crippen LogP) is 3.11. The maximum absolute atomic E-state index is 13.4. The van der Waals surface area contributed by atoms with Gasteiger partial charge in [-0.05, 0) is 36.6 Å². The summed E-state index contributed by atoms with van der Waals surface area (Å²) < 4.78 is 15.3. The first kappa shape index (κ1) is 20.0. The molecule has 5 N–H and O–H groups in total. The molecule has 3 aromatic rings. The highest BCUT2D eigenvalue weighted by Gasteiger charge is 2.27.